The predicted molar refractivity (Wildman–Crippen MR) is 105 cm³/mol. The van der Waals surface area contributed by atoms with E-state index >= 15 is 0 Å². The van der Waals surface area contributed by atoms with Gasteiger partial charge in [0, 0.05) is 18.1 Å². The summed E-state index contributed by atoms with van der Waals surface area (Å²) in [6.45, 7) is 6.24. The molecule has 7 heteroatoms. The Morgan fingerprint density at radius 2 is 1.30 bits per heavy atom. The topological polar surface area (TPSA) is 83.0 Å². The minimum Gasteiger partial charge on any atom is -0.748 e. The Labute approximate surface area is 179 Å². The second-order valence-corrected chi connectivity index (χ2v) is 7.99. The normalized spacial score (nSPS) is 10.5. The van der Waals surface area contributed by atoms with Gasteiger partial charge in [0.25, 0.3) is 0 Å². The van der Waals surface area contributed by atoms with E-state index in [-0.39, 0.29) is 28.1 Å². The maximum absolute atomic E-state index is 10.2. The van der Waals surface area contributed by atoms with Crippen LogP contribution in [0, 0.1) is 13.8 Å². The Hall–Kier alpha value is -1.05. The third-order valence-corrected chi connectivity index (χ3v) is 4.63. The molecule has 5 nitrogen and oxygen atoms in total. The van der Waals surface area contributed by atoms with Crippen LogP contribution in [-0.4, -0.2) is 28.7 Å². The summed E-state index contributed by atoms with van der Waals surface area (Å²) in [5.41, 5.74) is 4.29. The number of hydrogen-bond donors (Lipinski definition) is 0. The summed E-state index contributed by atoms with van der Waals surface area (Å²) in [6, 6.07) is 8.06. The molecule has 154 valence electrons. The Bertz CT molecular complexity index is 724. The molecular weight excluding hydrogens is 456 g/mol. The van der Waals surface area contributed by atoms with Gasteiger partial charge in [-0.3, -0.25) is 9.97 Å². The Balaban J connectivity index is 0.000000491. The summed E-state index contributed by atoms with van der Waals surface area (Å²) in [5.74, 6) is -0.195. The van der Waals surface area contributed by atoms with Crippen LogP contribution in [0.4, 0.5) is 0 Å². The Morgan fingerprint density at radius 1 is 0.852 bits per heavy atom. The van der Waals surface area contributed by atoms with Crippen LogP contribution in [0.1, 0.15) is 56.6 Å². The van der Waals surface area contributed by atoms with Crippen molar-refractivity contribution in [1.82, 2.24) is 9.97 Å². The van der Waals surface area contributed by atoms with Crippen molar-refractivity contribution in [2.24, 2.45) is 0 Å². The van der Waals surface area contributed by atoms with Gasteiger partial charge in [-0.05, 0) is 55.7 Å². The second kappa shape index (κ2) is 14.0. The van der Waals surface area contributed by atoms with Crippen LogP contribution in [0.3, 0.4) is 0 Å². The van der Waals surface area contributed by atoms with E-state index in [0.717, 1.165) is 30.7 Å². The van der Waals surface area contributed by atoms with Crippen LogP contribution >= 0.6 is 0 Å². The molecule has 0 amide bonds. The molecule has 0 unspecified atom stereocenters. The number of rotatable bonds is 8. The summed E-state index contributed by atoms with van der Waals surface area (Å²) >= 11 is 0. The van der Waals surface area contributed by atoms with E-state index in [0.29, 0.717) is 6.42 Å². The molecule has 0 saturated carbocycles. The fourth-order valence-electron chi connectivity index (χ4n) is 2.41. The van der Waals surface area contributed by atoms with Crippen LogP contribution < -0.4 is 0 Å². The van der Waals surface area contributed by atoms with Crippen molar-refractivity contribution in [2.45, 2.75) is 59.3 Å². The molecule has 0 N–H and O–H groups in total. The molecule has 0 aromatic carbocycles. The summed E-state index contributed by atoms with van der Waals surface area (Å²) in [5, 5.41) is 0. The molecule has 27 heavy (non-hydrogen) atoms. The maximum atomic E-state index is 10.2. The van der Waals surface area contributed by atoms with Crippen molar-refractivity contribution in [2.75, 3.05) is 5.75 Å². The zero-order valence-corrected chi connectivity index (χ0v) is 18.5. The molecule has 0 atom stereocenters. The number of nitrogens with zero attached hydrogens (tertiary/aromatic N) is 2. The third-order valence-electron chi connectivity index (χ3n) is 3.84. The van der Waals surface area contributed by atoms with Crippen LogP contribution in [0.15, 0.2) is 36.7 Å². The number of aryl methyl sites for hydroxylation is 2. The standard InChI is InChI=1S/C12H12N2.C8H18O3S.Ag/c1-9-3-5-13-11(7-9)12-8-10(2)4-6-14-12;1-2-3-4-5-6-7-8-12(9,10)11;/h3-8H,1-2H3;2-8H2,1H3,(H,9,10,11);/q;;+1/p-1. The van der Waals surface area contributed by atoms with Gasteiger partial charge in [-0.2, -0.15) is 0 Å². The van der Waals surface area contributed by atoms with Crippen LogP contribution in [-0.2, 0) is 32.5 Å². The first-order chi connectivity index (χ1) is 12.3. The summed E-state index contributed by atoms with van der Waals surface area (Å²) in [4.78, 5) is 8.58. The van der Waals surface area contributed by atoms with Gasteiger partial charge in [-0.1, -0.05) is 39.0 Å². The van der Waals surface area contributed by atoms with Crippen LogP contribution in [0.25, 0.3) is 11.4 Å². The predicted octanol–water partition coefficient (Wildman–Crippen LogP) is 4.65. The molecule has 2 aromatic rings. The van der Waals surface area contributed by atoms with Crippen molar-refractivity contribution in [3.63, 3.8) is 0 Å². The molecule has 0 bridgehead atoms. The van der Waals surface area contributed by atoms with Gasteiger partial charge < -0.3 is 4.55 Å². The molecule has 0 saturated heterocycles. The van der Waals surface area contributed by atoms with E-state index in [1.54, 1.807) is 0 Å². The van der Waals surface area contributed by atoms with E-state index in [1.807, 2.05) is 36.7 Å². The molecule has 2 aromatic heterocycles. The average Bonchev–Trinajstić information content (AvgIpc) is 2.58. The molecule has 0 aliphatic rings. The van der Waals surface area contributed by atoms with Gasteiger partial charge in [-0.25, -0.2) is 8.42 Å². The van der Waals surface area contributed by atoms with Gasteiger partial charge >= 0.3 is 22.4 Å². The van der Waals surface area contributed by atoms with Crippen molar-refractivity contribution in [3.05, 3.63) is 47.8 Å². The third kappa shape index (κ3) is 12.9. The van der Waals surface area contributed by atoms with E-state index in [9.17, 15) is 13.0 Å². The van der Waals surface area contributed by atoms with Crippen molar-refractivity contribution in [3.8, 4) is 11.4 Å². The van der Waals surface area contributed by atoms with Gasteiger partial charge in [-0.15, -0.1) is 0 Å². The molecule has 2 rings (SSSR count). The molecular formula is C20H29AgN2O3S. The fraction of sp³-hybridized carbons (Fsp3) is 0.500. The summed E-state index contributed by atoms with van der Waals surface area (Å²) in [6.07, 6.45) is 9.59. The first-order valence-electron chi connectivity index (χ1n) is 9.11. The smallest absolute Gasteiger partial charge is 0.748 e. The van der Waals surface area contributed by atoms with Gasteiger partial charge in [0.05, 0.1) is 21.5 Å². The fourth-order valence-corrected chi connectivity index (χ4v) is 2.97. The van der Waals surface area contributed by atoms with E-state index < -0.39 is 10.1 Å². The summed E-state index contributed by atoms with van der Waals surface area (Å²) in [7, 11) is -3.97. The largest absolute Gasteiger partial charge is 1.00 e. The molecule has 0 fully saturated rings. The number of pyridine rings is 2. The SMILES string of the molecule is CCCCCCCCS(=O)(=O)[O-].Cc1ccnc(-c2cc(C)ccn2)c1.[Ag+]. The van der Waals surface area contributed by atoms with E-state index in [2.05, 4.69) is 30.7 Å². The minimum absolute atomic E-state index is 0. The number of hydrogen-bond acceptors (Lipinski definition) is 5. The van der Waals surface area contributed by atoms with E-state index in [4.69, 9.17) is 0 Å². The van der Waals surface area contributed by atoms with Gasteiger partial charge in [0.1, 0.15) is 0 Å². The van der Waals surface area contributed by atoms with E-state index in [1.165, 1.54) is 24.0 Å². The van der Waals surface area contributed by atoms with Crippen LogP contribution in [0.5, 0.6) is 0 Å². The quantitative estimate of drug-likeness (QED) is 0.309. The van der Waals surface area contributed by atoms with Gasteiger partial charge in [0.15, 0.2) is 0 Å². The summed E-state index contributed by atoms with van der Waals surface area (Å²) < 4.78 is 30.5. The zero-order chi connectivity index (χ0) is 19.4. The maximum Gasteiger partial charge on any atom is 1.00 e. The average molecular weight is 485 g/mol. The molecule has 0 aliphatic carbocycles. The number of unbranched alkanes of at least 4 members (excludes halogenated alkanes) is 5. The van der Waals surface area contributed by atoms with Crippen LogP contribution in [0.2, 0.25) is 0 Å². The van der Waals surface area contributed by atoms with Crippen molar-refractivity contribution < 1.29 is 35.4 Å². The molecule has 0 aliphatic heterocycles. The Morgan fingerprint density at radius 3 is 1.70 bits per heavy atom. The molecule has 2 heterocycles. The monoisotopic (exact) mass is 484 g/mol. The molecule has 0 spiro atoms. The number of aromatic nitrogens is 2. The second-order valence-electron chi connectivity index (χ2n) is 6.47. The Kier molecular flexibility index (Phi) is 13.5. The van der Waals surface area contributed by atoms with Crippen molar-refractivity contribution >= 4 is 10.1 Å². The van der Waals surface area contributed by atoms with Gasteiger partial charge in [0.2, 0.25) is 0 Å². The zero-order valence-electron chi connectivity index (χ0n) is 16.2. The first-order valence-corrected chi connectivity index (χ1v) is 10.7. The minimum atomic E-state index is -3.97. The van der Waals surface area contributed by atoms with Crippen molar-refractivity contribution in [1.29, 1.82) is 0 Å². The first kappa shape index (κ1) is 26.0. The molecule has 0 radical (unpaired) electrons.